The Balaban J connectivity index is 1.60. The summed E-state index contributed by atoms with van der Waals surface area (Å²) in [7, 11) is 4.33. The third kappa shape index (κ3) is 4.29. The van der Waals surface area contributed by atoms with Crippen LogP contribution in [0.5, 0.6) is 17.2 Å². The van der Waals surface area contributed by atoms with E-state index >= 15 is 0 Å². The second kappa shape index (κ2) is 10.7. The Morgan fingerprint density at radius 2 is 1.64 bits per heavy atom. The van der Waals surface area contributed by atoms with Crippen molar-refractivity contribution in [2.45, 2.75) is 30.6 Å². The molecular formula is C30H31N3O11. The molecule has 0 radical (unpaired) electrons. The zero-order valence-electron chi connectivity index (χ0n) is 24.1. The minimum Gasteiger partial charge on any atom is -0.508 e. The maximum absolute atomic E-state index is 14.1. The summed E-state index contributed by atoms with van der Waals surface area (Å²) in [6.45, 7) is 1.60. The maximum atomic E-state index is 14.1. The summed E-state index contributed by atoms with van der Waals surface area (Å²) < 4.78 is 10.3. The molecule has 3 aliphatic carbocycles. The SMILES string of the molecule is COc1ccc(OC(=O)Nc2ccc3c(c2O)C(O)=C2C(=O)[C@@]4(O)C(O)=C(C(N)=O)C(=O)[C@@H](N(C)C)[C@@H]4[C@@H](O)[C@H]2[C@@H]3C)cc1. The van der Waals surface area contributed by atoms with E-state index in [4.69, 9.17) is 15.2 Å². The molecule has 8 N–H and O–H groups in total. The molecule has 2 amide bonds. The van der Waals surface area contributed by atoms with Crippen molar-refractivity contribution >= 4 is 35.0 Å². The van der Waals surface area contributed by atoms with Gasteiger partial charge in [0.05, 0.1) is 36.4 Å². The van der Waals surface area contributed by atoms with Gasteiger partial charge in [-0.3, -0.25) is 24.6 Å². The van der Waals surface area contributed by atoms with E-state index in [2.05, 4.69) is 5.32 Å². The number of ether oxygens (including phenoxy) is 2. The number of amides is 2. The molecule has 0 spiro atoms. The Kier molecular flexibility index (Phi) is 7.40. The van der Waals surface area contributed by atoms with E-state index in [1.54, 1.807) is 19.1 Å². The minimum atomic E-state index is -3.03. The molecule has 0 unspecified atom stereocenters. The Morgan fingerprint density at radius 1 is 1.02 bits per heavy atom. The summed E-state index contributed by atoms with van der Waals surface area (Å²) in [5.41, 5.74) is 0.549. The van der Waals surface area contributed by atoms with Crippen LogP contribution >= 0.6 is 0 Å². The van der Waals surface area contributed by atoms with Crippen LogP contribution in [-0.4, -0.2) is 93.0 Å². The van der Waals surface area contributed by atoms with Gasteiger partial charge in [-0.25, -0.2) is 4.79 Å². The van der Waals surface area contributed by atoms with Gasteiger partial charge in [-0.1, -0.05) is 13.0 Å². The predicted octanol–water partition coefficient (Wildman–Crippen LogP) is 1.12. The van der Waals surface area contributed by atoms with Crippen LogP contribution in [0.1, 0.15) is 24.0 Å². The van der Waals surface area contributed by atoms with Crippen molar-refractivity contribution in [3.8, 4) is 17.2 Å². The van der Waals surface area contributed by atoms with Crippen molar-refractivity contribution in [1.29, 1.82) is 0 Å². The van der Waals surface area contributed by atoms with E-state index in [0.29, 0.717) is 5.75 Å². The molecule has 0 saturated heterocycles. The van der Waals surface area contributed by atoms with Crippen LogP contribution < -0.4 is 20.5 Å². The highest BCUT2D eigenvalue weighted by Crippen LogP contribution is 2.56. The normalized spacial score (nSPS) is 27.8. The zero-order chi connectivity index (χ0) is 32.4. The van der Waals surface area contributed by atoms with Gasteiger partial charge < -0.3 is 40.7 Å². The monoisotopic (exact) mass is 609 g/mol. The van der Waals surface area contributed by atoms with Crippen molar-refractivity contribution in [2.75, 3.05) is 26.5 Å². The van der Waals surface area contributed by atoms with Crippen LogP contribution in [0, 0.1) is 11.8 Å². The number of hydrogen-bond donors (Lipinski definition) is 7. The first-order valence-corrected chi connectivity index (χ1v) is 13.5. The number of carbonyl (C=O) groups is 4. The second-order valence-electron chi connectivity index (χ2n) is 11.2. The van der Waals surface area contributed by atoms with Gasteiger partial charge in [0.25, 0.3) is 5.91 Å². The van der Waals surface area contributed by atoms with Gasteiger partial charge >= 0.3 is 6.09 Å². The number of phenols is 1. The lowest BCUT2D eigenvalue weighted by Gasteiger charge is -2.53. The van der Waals surface area contributed by atoms with Gasteiger partial charge in [0.15, 0.2) is 11.4 Å². The van der Waals surface area contributed by atoms with Crippen molar-refractivity contribution < 1.29 is 54.2 Å². The second-order valence-corrected chi connectivity index (χ2v) is 11.2. The lowest BCUT2D eigenvalue weighted by molar-refractivity contribution is -0.169. The van der Waals surface area contributed by atoms with Gasteiger partial charge in [-0.15, -0.1) is 0 Å². The summed E-state index contributed by atoms with van der Waals surface area (Å²) >= 11 is 0. The zero-order valence-corrected chi connectivity index (χ0v) is 24.1. The Morgan fingerprint density at radius 3 is 2.20 bits per heavy atom. The van der Waals surface area contributed by atoms with E-state index in [9.17, 15) is 44.7 Å². The molecule has 2 aromatic carbocycles. The van der Waals surface area contributed by atoms with E-state index in [1.807, 2.05) is 0 Å². The van der Waals surface area contributed by atoms with Gasteiger partial charge in [-0.05, 0) is 55.9 Å². The Hall–Kier alpha value is -4.92. The van der Waals surface area contributed by atoms with Gasteiger partial charge in [0.1, 0.15) is 34.3 Å². The van der Waals surface area contributed by atoms with Crippen LogP contribution in [0.15, 0.2) is 53.3 Å². The lowest BCUT2D eigenvalue weighted by atomic mass is 9.54. The first-order valence-electron chi connectivity index (χ1n) is 13.5. The van der Waals surface area contributed by atoms with Gasteiger partial charge in [-0.2, -0.15) is 0 Å². The fourth-order valence-corrected chi connectivity index (χ4v) is 6.60. The number of phenolic OH excluding ortho intramolecular Hbond substituents is 1. The number of aromatic hydroxyl groups is 1. The van der Waals surface area contributed by atoms with E-state index in [0.717, 1.165) is 0 Å². The van der Waals surface area contributed by atoms with Crippen molar-refractivity contribution in [1.82, 2.24) is 4.90 Å². The number of carbonyl (C=O) groups excluding carboxylic acids is 4. The topological polar surface area (TPSA) is 229 Å². The number of likely N-dealkylation sites (N-methyl/N-ethyl adjacent to an activating group) is 1. The van der Waals surface area contributed by atoms with Crippen molar-refractivity contribution in [2.24, 2.45) is 17.6 Å². The molecule has 0 aliphatic heterocycles. The fraction of sp³-hybridized carbons (Fsp3) is 0.333. The highest BCUT2D eigenvalue weighted by molar-refractivity contribution is 6.24. The number of methoxy groups -OCH3 is 1. The number of Topliss-reactive ketones (excluding diaryl/α,β-unsaturated/α-hetero) is 2. The highest BCUT2D eigenvalue weighted by atomic mass is 16.6. The highest BCUT2D eigenvalue weighted by Gasteiger charge is 2.68. The number of hydrogen-bond acceptors (Lipinski definition) is 12. The molecule has 14 nitrogen and oxygen atoms in total. The van der Waals surface area contributed by atoms with Gasteiger partial charge in [0.2, 0.25) is 5.78 Å². The van der Waals surface area contributed by atoms with Crippen molar-refractivity contribution in [3.63, 3.8) is 0 Å². The number of benzene rings is 2. The fourth-order valence-electron chi connectivity index (χ4n) is 6.60. The number of rotatable bonds is 5. The molecule has 232 valence electrons. The van der Waals surface area contributed by atoms with E-state index < -0.39 is 87.5 Å². The molecular weight excluding hydrogens is 578 g/mol. The van der Waals surface area contributed by atoms with Crippen LogP contribution in [-0.2, 0) is 14.4 Å². The molecule has 1 fully saturated rings. The quantitative estimate of drug-likeness (QED) is 0.187. The number of aliphatic hydroxyl groups excluding tert-OH is 3. The molecule has 1 saturated carbocycles. The molecule has 0 aromatic heterocycles. The Labute approximate surface area is 250 Å². The summed E-state index contributed by atoms with van der Waals surface area (Å²) in [5.74, 6) is -9.47. The van der Waals surface area contributed by atoms with E-state index in [1.165, 1.54) is 50.4 Å². The molecule has 0 heterocycles. The molecule has 2 aromatic rings. The molecule has 0 bridgehead atoms. The third-order valence-electron chi connectivity index (χ3n) is 8.64. The number of nitrogens with zero attached hydrogens (tertiary/aromatic N) is 1. The lowest BCUT2D eigenvalue weighted by Crippen LogP contribution is -2.70. The first-order chi connectivity index (χ1) is 20.7. The summed E-state index contributed by atoms with van der Waals surface area (Å²) in [5, 5.41) is 59.4. The maximum Gasteiger partial charge on any atom is 0.417 e. The molecule has 6 atom stereocenters. The number of nitrogens with two attached hydrogens (primary N) is 1. The smallest absolute Gasteiger partial charge is 0.417 e. The van der Waals surface area contributed by atoms with Crippen LogP contribution in [0.25, 0.3) is 5.76 Å². The minimum absolute atomic E-state index is 0.164. The number of primary amides is 1. The average molecular weight is 610 g/mol. The van der Waals surface area contributed by atoms with Gasteiger partial charge in [0, 0.05) is 11.5 Å². The number of fused-ring (bicyclic) bond motifs is 3. The molecule has 14 heteroatoms. The molecule has 5 rings (SSSR count). The van der Waals surface area contributed by atoms with Crippen LogP contribution in [0.2, 0.25) is 0 Å². The largest absolute Gasteiger partial charge is 0.508 e. The number of ketones is 2. The third-order valence-corrected chi connectivity index (χ3v) is 8.64. The standard InChI is InChI=1S/C30H31N3O11/c1-11-14-9-10-15(32-29(41)44-13-7-5-12(43-4)6-8-13)22(34)17(14)23(35)18-16(11)24(36)20-21(33(2)3)25(37)19(28(31)40)27(39)30(20,42)26(18)38/h5-11,16,20-21,24,34-36,39,42H,1-4H3,(H2,31,40)(H,32,41)/t11-,16+,20-,21+,24+,30-/m1/s1. The predicted molar refractivity (Wildman–Crippen MR) is 153 cm³/mol. The number of anilines is 1. The molecule has 44 heavy (non-hydrogen) atoms. The Bertz CT molecular complexity index is 1660. The summed E-state index contributed by atoms with van der Waals surface area (Å²) in [6.07, 6.45) is -2.71. The summed E-state index contributed by atoms with van der Waals surface area (Å²) in [6, 6.07) is 7.45. The first kappa shape index (κ1) is 30.5. The van der Waals surface area contributed by atoms with Crippen LogP contribution in [0.4, 0.5) is 10.5 Å². The van der Waals surface area contributed by atoms with Crippen molar-refractivity contribution in [3.05, 3.63) is 64.4 Å². The number of aliphatic hydroxyl groups is 4. The van der Waals surface area contributed by atoms with Crippen LogP contribution in [0.3, 0.4) is 0 Å². The number of nitrogens with one attached hydrogen (secondary N) is 1. The van der Waals surface area contributed by atoms with E-state index in [-0.39, 0.29) is 22.6 Å². The average Bonchev–Trinajstić information content (AvgIpc) is 2.96. The summed E-state index contributed by atoms with van der Waals surface area (Å²) in [4.78, 5) is 53.4. The molecule has 3 aliphatic rings.